The fourth-order valence-electron chi connectivity index (χ4n) is 1.82. The number of rotatable bonds is 6. The Morgan fingerprint density at radius 2 is 2.13 bits per heavy atom. The van der Waals surface area contributed by atoms with Gasteiger partial charge in [-0.3, -0.25) is 4.68 Å². The quantitative estimate of drug-likeness (QED) is 0.733. The molecule has 0 spiro atoms. The van der Waals surface area contributed by atoms with Crippen LogP contribution < -0.4 is 0 Å². The van der Waals surface area contributed by atoms with Crippen LogP contribution in [0.2, 0.25) is 0 Å². The Bertz CT molecular complexity index is 294. The summed E-state index contributed by atoms with van der Waals surface area (Å²) in [7, 11) is 0. The average molecular weight is 210 g/mol. The second-order valence-electron chi connectivity index (χ2n) is 4.04. The molecule has 1 rings (SSSR count). The van der Waals surface area contributed by atoms with Gasteiger partial charge in [0.05, 0.1) is 17.5 Å². The molecule has 1 aromatic rings. The number of unbranched alkanes of at least 4 members (excludes halogenated alkanes) is 2. The van der Waals surface area contributed by atoms with Crippen molar-refractivity contribution in [2.75, 3.05) is 0 Å². The van der Waals surface area contributed by atoms with Gasteiger partial charge >= 0.3 is 0 Å². The normalized spacial score (nSPS) is 13.1. The molecule has 0 radical (unpaired) electrons. The topological polar surface area (TPSA) is 38.1 Å². The van der Waals surface area contributed by atoms with Crippen molar-refractivity contribution in [2.24, 2.45) is 0 Å². The Kier molecular flexibility index (Phi) is 4.82. The van der Waals surface area contributed by atoms with Crippen LogP contribution in [0.4, 0.5) is 0 Å². The molecule has 0 saturated heterocycles. The number of aryl methyl sites for hydroxylation is 2. The number of hydrogen-bond donors (Lipinski definition) is 1. The van der Waals surface area contributed by atoms with E-state index in [1.165, 1.54) is 12.8 Å². The van der Waals surface area contributed by atoms with Gasteiger partial charge in [0.15, 0.2) is 0 Å². The number of hydrogen-bond acceptors (Lipinski definition) is 2. The van der Waals surface area contributed by atoms with Gasteiger partial charge in [-0.15, -0.1) is 0 Å². The summed E-state index contributed by atoms with van der Waals surface area (Å²) in [5.41, 5.74) is 1.95. The van der Waals surface area contributed by atoms with E-state index in [2.05, 4.69) is 18.9 Å². The first-order chi connectivity index (χ1) is 7.19. The van der Waals surface area contributed by atoms with Crippen molar-refractivity contribution in [2.45, 2.75) is 59.1 Å². The van der Waals surface area contributed by atoms with E-state index in [9.17, 15) is 5.11 Å². The van der Waals surface area contributed by atoms with E-state index < -0.39 is 0 Å². The SMILES string of the molecule is CCCCCC(O)c1cc(C)nn1CC. The Hall–Kier alpha value is -0.830. The van der Waals surface area contributed by atoms with Gasteiger partial charge in [0.2, 0.25) is 0 Å². The highest BCUT2D eigenvalue weighted by molar-refractivity contribution is 5.11. The molecule has 1 aromatic heterocycles. The maximum absolute atomic E-state index is 10.0. The van der Waals surface area contributed by atoms with Crippen LogP contribution in [-0.2, 0) is 6.54 Å². The molecular weight excluding hydrogens is 188 g/mol. The third kappa shape index (κ3) is 3.34. The predicted octanol–water partition coefficient (Wildman–Crippen LogP) is 2.83. The second-order valence-corrected chi connectivity index (χ2v) is 4.04. The summed E-state index contributed by atoms with van der Waals surface area (Å²) < 4.78 is 1.89. The van der Waals surface area contributed by atoms with Gasteiger partial charge in [-0.1, -0.05) is 26.2 Å². The van der Waals surface area contributed by atoms with Crippen LogP contribution in [-0.4, -0.2) is 14.9 Å². The zero-order chi connectivity index (χ0) is 11.3. The van der Waals surface area contributed by atoms with Gasteiger partial charge in [-0.05, 0) is 26.3 Å². The van der Waals surface area contributed by atoms with Crippen molar-refractivity contribution < 1.29 is 5.11 Å². The molecule has 0 aliphatic rings. The van der Waals surface area contributed by atoms with Gasteiger partial charge in [0.25, 0.3) is 0 Å². The van der Waals surface area contributed by atoms with Gasteiger partial charge in [-0.2, -0.15) is 5.10 Å². The fourth-order valence-corrected chi connectivity index (χ4v) is 1.82. The Labute approximate surface area is 92.1 Å². The van der Waals surface area contributed by atoms with Crippen molar-refractivity contribution in [3.8, 4) is 0 Å². The van der Waals surface area contributed by atoms with Crippen molar-refractivity contribution in [1.29, 1.82) is 0 Å². The molecule has 1 atom stereocenters. The van der Waals surface area contributed by atoms with E-state index in [4.69, 9.17) is 0 Å². The molecule has 86 valence electrons. The molecule has 0 bridgehead atoms. The maximum atomic E-state index is 10.0. The van der Waals surface area contributed by atoms with Crippen LogP contribution in [0.3, 0.4) is 0 Å². The molecule has 1 heterocycles. The Balaban J connectivity index is 2.59. The highest BCUT2D eigenvalue weighted by Crippen LogP contribution is 2.20. The van der Waals surface area contributed by atoms with Gasteiger partial charge < -0.3 is 5.11 Å². The number of aromatic nitrogens is 2. The lowest BCUT2D eigenvalue weighted by molar-refractivity contribution is 0.153. The van der Waals surface area contributed by atoms with E-state index in [1.54, 1.807) is 0 Å². The average Bonchev–Trinajstić information content (AvgIpc) is 2.60. The van der Waals surface area contributed by atoms with Crippen molar-refractivity contribution in [3.63, 3.8) is 0 Å². The summed E-state index contributed by atoms with van der Waals surface area (Å²) in [6, 6.07) is 1.99. The minimum atomic E-state index is -0.349. The van der Waals surface area contributed by atoms with Gasteiger partial charge in [0.1, 0.15) is 0 Å². The first-order valence-corrected chi connectivity index (χ1v) is 5.91. The highest BCUT2D eigenvalue weighted by atomic mass is 16.3. The van der Waals surface area contributed by atoms with E-state index in [-0.39, 0.29) is 6.10 Å². The molecule has 3 heteroatoms. The van der Waals surface area contributed by atoms with E-state index in [1.807, 2.05) is 17.7 Å². The second kappa shape index (κ2) is 5.91. The molecule has 0 fully saturated rings. The van der Waals surface area contributed by atoms with Gasteiger partial charge in [-0.25, -0.2) is 0 Å². The van der Waals surface area contributed by atoms with Crippen LogP contribution in [0.25, 0.3) is 0 Å². The minimum absolute atomic E-state index is 0.349. The Morgan fingerprint density at radius 1 is 1.40 bits per heavy atom. The molecule has 0 saturated carbocycles. The largest absolute Gasteiger partial charge is 0.387 e. The van der Waals surface area contributed by atoms with Crippen LogP contribution in [0.1, 0.15) is 57.0 Å². The lowest BCUT2D eigenvalue weighted by atomic mass is 10.1. The third-order valence-electron chi connectivity index (χ3n) is 2.66. The van der Waals surface area contributed by atoms with E-state index >= 15 is 0 Å². The van der Waals surface area contributed by atoms with Crippen molar-refractivity contribution in [1.82, 2.24) is 9.78 Å². The number of aliphatic hydroxyl groups excluding tert-OH is 1. The van der Waals surface area contributed by atoms with E-state index in [0.717, 1.165) is 30.8 Å². The standard InChI is InChI=1S/C12H22N2O/c1-4-6-7-8-12(15)11-9-10(3)13-14(11)5-2/h9,12,15H,4-8H2,1-3H3. The zero-order valence-electron chi connectivity index (χ0n) is 10.0. The summed E-state index contributed by atoms with van der Waals surface area (Å²) in [6.07, 6.45) is 3.97. The van der Waals surface area contributed by atoms with E-state index in [0.29, 0.717) is 0 Å². The molecule has 1 N–H and O–H groups in total. The minimum Gasteiger partial charge on any atom is -0.387 e. The Morgan fingerprint density at radius 3 is 2.73 bits per heavy atom. The lowest BCUT2D eigenvalue weighted by Crippen LogP contribution is -2.07. The molecule has 15 heavy (non-hydrogen) atoms. The zero-order valence-corrected chi connectivity index (χ0v) is 10.0. The first-order valence-electron chi connectivity index (χ1n) is 5.91. The summed E-state index contributed by atoms with van der Waals surface area (Å²) in [5, 5.41) is 14.3. The van der Waals surface area contributed by atoms with Gasteiger partial charge in [0, 0.05) is 6.54 Å². The molecular formula is C12H22N2O. The maximum Gasteiger partial charge on any atom is 0.0956 e. The summed E-state index contributed by atoms with van der Waals surface area (Å²) in [5.74, 6) is 0. The number of aliphatic hydroxyl groups is 1. The molecule has 0 amide bonds. The summed E-state index contributed by atoms with van der Waals surface area (Å²) in [6.45, 7) is 7.02. The highest BCUT2D eigenvalue weighted by Gasteiger charge is 2.13. The number of nitrogens with zero attached hydrogens (tertiary/aromatic N) is 2. The first kappa shape index (κ1) is 12.2. The smallest absolute Gasteiger partial charge is 0.0956 e. The van der Waals surface area contributed by atoms with Crippen molar-refractivity contribution >= 4 is 0 Å². The molecule has 3 nitrogen and oxygen atoms in total. The summed E-state index contributed by atoms with van der Waals surface area (Å²) >= 11 is 0. The third-order valence-corrected chi connectivity index (χ3v) is 2.66. The molecule has 0 aliphatic carbocycles. The van der Waals surface area contributed by atoms with Crippen LogP contribution in [0, 0.1) is 6.92 Å². The monoisotopic (exact) mass is 210 g/mol. The van der Waals surface area contributed by atoms with Crippen LogP contribution >= 0.6 is 0 Å². The predicted molar refractivity (Wildman–Crippen MR) is 61.7 cm³/mol. The van der Waals surface area contributed by atoms with Crippen LogP contribution in [0.5, 0.6) is 0 Å². The van der Waals surface area contributed by atoms with Crippen molar-refractivity contribution in [3.05, 3.63) is 17.5 Å². The fraction of sp³-hybridized carbons (Fsp3) is 0.750. The van der Waals surface area contributed by atoms with Crippen LogP contribution in [0.15, 0.2) is 6.07 Å². The summed E-state index contributed by atoms with van der Waals surface area (Å²) in [4.78, 5) is 0. The lowest BCUT2D eigenvalue weighted by Gasteiger charge is -2.11. The molecule has 0 aliphatic heterocycles. The molecule has 1 unspecified atom stereocenters. The molecule has 0 aromatic carbocycles.